The van der Waals surface area contributed by atoms with Crippen LogP contribution in [-0.2, 0) is 6.42 Å². The second-order valence-corrected chi connectivity index (χ2v) is 6.87. The summed E-state index contributed by atoms with van der Waals surface area (Å²) in [5.74, 6) is -0.153. The highest BCUT2D eigenvalue weighted by molar-refractivity contribution is 7.80. The number of primary amides is 1. The Balaban J connectivity index is 1.47. The average molecular weight is 420 g/mol. The highest BCUT2D eigenvalue weighted by Gasteiger charge is 2.09. The molecule has 0 saturated heterocycles. The second-order valence-electron chi connectivity index (χ2n) is 6.46. The van der Waals surface area contributed by atoms with Crippen LogP contribution < -0.4 is 21.1 Å². The SMILES string of the molecule is NC(=O)c1ccc(NC(=S)NC(=O)c2ccc(OCCc3ccccc3)cc2)cc1. The van der Waals surface area contributed by atoms with Crippen LogP contribution in [0.15, 0.2) is 78.9 Å². The van der Waals surface area contributed by atoms with Crippen molar-refractivity contribution >= 4 is 34.8 Å². The molecule has 0 aliphatic heterocycles. The lowest BCUT2D eigenvalue weighted by molar-refractivity contribution is 0.0975. The number of ether oxygens (including phenoxy) is 1. The summed E-state index contributed by atoms with van der Waals surface area (Å²) in [6, 6.07) is 23.4. The monoisotopic (exact) mass is 419 g/mol. The van der Waals surface area contributed by atoms with Crippen molar-refractivity contribution in [1.82, 2.24) is 5.32 Å². The third-order valence-corrected chi connectivity index (χ3v) is 4.48. The predicted molar refractivity (Wildman–Crippen MR) is 121 cm³/mol. The molecule has 30 heavy (non-hydrogen) atoms. The Bertz CT molecular complexity index is 1020. The van der Waals surface area contributed by atoms with Crippen LogP contribution in [0.3, 0.4) is 0 Å². The molecule has 4 N–H and O–H groups in total. The Morgan fingerprint density at radius 1 is 0.867 bits per heavy atom. The number of rotatable bonds is 7. The lowest BCUT2D eigenvalue weighted by Crippen LogP contribution is -2.34. The minimum atomic E-state index is -0.509. The second kappa shape index (κ2) is 10.2. The molecule has 0 radical (unpaired) electrons. The number of thiocarbonyl (C=S) groups is 1. The third kappa shape index (κ3) is 6.15. The van der Waals surface area contributed by atoms with E-state index in [1.165, 1.54) is 5.56 Å². The zero-order valence-corrected chi connectivity index (χ0v) is 16.9. The quantitative estimate of drug-likeness (QED) is 0.510. The van der Waals surface area contributed by atoms with E-state index >= 15 is 0 Å². The van der Waals surface area contributed by atoms with E-state index in [2.05, 4.69) is 22.8 Å². The predicted octanol–water partition coefficient (Wildman–Crippen LogP) is 3.53. The smallest absolute Gasteiger partial charge is 0.257 e. The molecule has 0 saturated carbocycles. The number of hydrogen-bond acceptors (Lipinski definition) is 4. The van der Waals surface area contributed by atoms with Crippen molar-refractivity contribution < 1.29 is 14.3 Å². The summed E-state index contributed by atoms with van der Waals surface area (Å²) in [6.07, 6.45) is 0.809. The van der Waals surface area contributed by atoms with Crippen molar-refractivity contribution in [2.75, 3.05) is 11.9 Å². The van der Waals surface area contributed by atoms with Gasteiger partial charge in [0.1, 0.15) is 5.75 Å². The van der Waals surface area contributed by atoms with Gasteiger partial charge < -0.3 is 15.8 Å². The van der Waals surface area contributed by atoms with Crippen molar-refractivity contribution in [3.63, 3.8) is 0 Å². The molecule has 6 nitrogen and oxygen atoms in total. The zero-order valence-electron chi connectivity index (χ0n) is 16.1. The number of nitrogens with one attached hydrogen (secondary N) is 2. The molecule has 152 valence electrons. The number of carbonyl (C=O) groups excluding carboxylic acids is 2. The number of benzene rings is 3. The molecule has 0 unspecified atom stereocenters. The first-order chi connectivity index (χ1) is 14.5. The van der Waals surface area contributed by atoms with E-state index in [9.17, 15) is 9.59 Å². The molecule has 3 rings (SSSR count). The molecule has 0 atom stereocenters. The molecule has 0 fully saturated rings. The van der Waals surface area contributed by atoms with Crippen LogP contribution in [0.25, 0.3) is 0 Å². The van der Waals surface area contributed by atoms with Crippen LogP contribution in [0.5, 0.6) is 5.75 Å². The number of anilines is 1. The molecule has 3 aromatic carbocycles. The highest BCUT2D eigenvalue weighted by atomic mass is 32.1. The van der Waals surface area contributed by atoms with Gasteiger partial charge in [-0.15, -0.1) is 0 Å². The first kappa shape index (κ1) is 21.0. The summed E-state index contributed by atoms with van der Waals surface area (Å²) in [7, 11) is 0. The molecule has 0 bridgehead atoms. The van der Waals surface area contributed by atoms with Crippen LogP contribution in [0.4, 0.5) is 5.69 Å². The Hall–Kier alpha value is -3.71. The van der Waals surface area contributed by atoms with Crippen LogP contribution in [0.2, 0.25) is 0 Å². The maximum atomic E-state index is 12.4. The largest absolute Gasteiger partial charge is 0.493 e. The van der Waals surface area contributed by atoms with E-state index in [-0.39, 0.29) is 11.0 Å². The number of carbonyl (C=O) groups is 2. The van der Waals surface area contributed by atoms with Gasteiger partial charge in [0.15, 0.2) is 5.11 Å². The molecule has 0 spiro atoms. The van der Waals surface area contributed by atoms with Crippen LogP contribution in [0.1, 0.15) is 26.3 Å². The average Bonchev–Trinajstić information content (AvgIpc) is 2.75. The summed E-state index contributed by atoms with van der Waals surface area (Å²) in [5.41, 5.74) is 7.89. The maximum absolute atomic E-state index is 12.4. The topological polar surface area (TPSA) is 93.5 Å². The Morgan fingerprint density at radius 3 is 2.13 bits per heavy atom. The molecular weight excluding hydrogens is 398 g/mol. The lowest BCUT2D eigenvalue weighted by atomic mass is 10.2. The summed E-state index contributed by atoms with van der Waals surface area (Å²) in [5, 5.41) is 5.65. The van der Waals surface area contributed by atoms with Crippen molar-refractivity contribution in [3.05, 3.63) is 95.6 Å². The van der Waals surface area contributed by atoms with Gasteiger partial charge in [0.05, 0.1) is 6.61 Å². The number of hydrogen-bond donors (Lipinski definition) is 3. The highest BCUT2D eigenvalue weighted by Crippen LogP contribution is 2.13. The van der Waals surface area contributed by atoms with Crippen LogP contribution >= 0.6 is 12.2 Å². The van der Waals surface area contributed by atoms with Gasteiger partial charge in [0.25, 0.3) is 5.91 Å². The van der Waals surface area contributed by atoms with Gasteiger partial charge >= 0.3 is 0 Å². The maximum Gasteiger partial charge on any atom is 0.257 e. The third-order valence-electron chi connectivity index (χ3n) is 4.27. The zero-order chi connectivity index (χ0) is 21.3. The fourth-order valence-electron chi connectivity index (χ4n) is 2.69. The van der Waals surface area contributed by atoms with Crippen molar-refractivity contribution in [2.45, 2.75) is 6.42 Å². The molecule has 0 heterocycles. The molecule has 0 aliphatic carbocycles. The van der Waals surface area contributed by atoms with Crippen LogP contribution in [-0.4, -0.2) is 23.5 Å². The number of amides is 2. The lowest BCUT2D eigenvalue weighted by Gasteiger charge is -2.10. The van der Waals surface area contributed by atoms with Gasteiger partial charge in [-0.25, -0.2) is 0 Å². The number of nitrogens with two attached hydrogens (primary N) is 1. The molecule has 0 aromatic heterocycles. The van der Waals surface area contributed by atoms with Gasteiger partial charge in [-0.3, -0.25) is 14.9 Å². The van der Waals surface area contributed by atoms with Crippen LogP contribution in [0, 0.1) is 0 Å². The minimum Gasteiger partial charge on any atom is -0.493 e. The molecular formula is C23H21N3O3S. The van der Waals surface area contributed by atoms with E-state index in [0.29, 0.717) is 29.2 Å². The van der Waals surface area contributed by atoms with Gasteiger partial charge in [0, 0.05) is 23.2 Å². The molecule has 7 heteroatoms. The van der Waals surface area contributed by atoms with Crippen molar-refractivity contribution in [1.29, 1.82) is 0 Å². The molecule has 0 aliphatic rings. The fourth-order valence-corrected chi connectivity index (χ4v) is 2.90. The van der Waals surface area contributed by atoms with Crippen molar-refractivity contribution in [2.24, 2.45) is 5.73 Å². The van der Waals surface area contributed by atoms with E-state index in [4.69, 9.17) is 22.7 Å². The summed E-state index contributed by atoms with van der Waals surface area (Å²) < 4.78 is 5.73. The standard InChI is InChI=1S/C23H21N3O3S/c24-21(27)17-6-10-19(11-7-17)25-23(30)26-22(28)18-8-12-20(13-9-18)29-15-14-16-4-2-1-3-5-16/h1-13H,14-15H2,(H2,24,27)(H2,25,26,28,30). The van der Waals surface area contributed by atoms with Gasteiger partial charge in [0.2, 0.25) is 5.91 Å². The Labute approximate surface area is 180 Å². The Kier molecular flexibility index (Phi) is 7.13. The van der Waals surface area contributed by atoms with E-state index in [0.717, 1.165) is 6.42 Å². The van der Waals surface area contributed by atoms with Crippen molar-refractivity contribution in [3.8, 4) is 5.75 Å². The summed E-state index contributed by atoms with van der Waals surface area (Å²) in [4.78, 5) is 23.5. The van der Waals surface area contributed by atoms with E-state index in [1.54, 1.807) is 48.5 Å². The Morgan fingerprint density at radius 2 is 1.50 bits per heavy atom. The first-order valence-electron chi connectivity index (χ1n) is 9.30. The van der Waals surface area contributed by atoms with Gasteiger partial charge in [-0.1, -0.05) is 30.3 Å². The van der Waals surface area contributed by atoms with E-state index < -0.39 is 5.91 Å². The summed E-state index contributed by atoms with van der Waals surface area (Å²) in [6.45, 7) is 0.554. The molecule has 2 amide bonds. The summed E-state index contributed by atoms with van der Waals surface area (Å²) >= 11 is 5.17. The first-order valence-corrected chi connectivity index (χ1v) is 9.71. The fraction of sp³-hybridized carbons (Fsp3) is 0.0870. The van der Waals surface area contributed by atoms with Gasteiger partial charge in [-0.05, 0) is 66.3 Å². The normalized spacial score (nSPS) is 10.1. The van der Waals surface area contributed by atoms with Gasteiger partial charge in [-0.2, -0.15) is 0 Å². The molecule has 3 aromatic rings. The minimum absolute atomic E-state index is 0.148. The van der Waals surface area contributed by atoms with E-state index in [1.807, 2.05) is 18.2 Å².